The SMILES string of the molecule is Fc1ccc(NN=C(c2ccccc2)c2ccccc2)cc1. The highest BCUT2D eigenvalue weighted by molar-refractivity contribution is 6.13. The predicted molar refractivity (Wildman–Crippen MR) is 88.5 cm³/mol. The lowest BCUT2D eigenvalue weighted by Crippen LogP contribution is -2.06. The van der Waals surface area contributed by atoms with Crippen molar-refractivity contribution in [3.63, 3.8) is 0 Å². The number of hydrogen-bond acceptors (Lipinski definition) is 2. The van der Waals surface area contributed by atoms with Crippen molar-refractivity contribution >= 4 is 11.4 Å². The monoisotopic (exact) mass is 290 g/mol. The van der Waals surface area contributed by atoms with Gasteiger partial charge in [-0.15, -0.1) is 0 Å². The highest BCUT2D eigenvalue weighted by Gasteiger charge is 2.06. The molecule has 0 spiro atoms. The van der Waals surface area contributed by atoms with E-state index in [4.69, 9.17) is 0 Å². The minimum atomic E-state index is -0.263. The zero-order valence-electron chi connectivity index (χ0n) is 11.9. The van der Waals surface area contributed by atoms with Crippen LogP contribution in [0.4, 0.5) is 10.1 Å². The zero-order valence-corrected chi connectivity index (χ0v) is 11.9. The first kappa shape index (κ1) is 14.0. The molecule has 22 heavy (non-hydrogen) atoms. The Morgan fingerprint density at radius 1 is 0.682 bits per heavy atom. The normalized spacial score (nSPS) is 10.0. The average Bonchev–Trinajstić information content (AvgIpc) is 2.59. The molecule has 0 amide bonds. The lowest BCUT2D eigenvalue weighted by Gasteiger charge is -2.08. The van der Waals surface area contributed by atoms with Gasteiger partial charge in [-0.25, -0.2) is 4.39 Å². The number of halogens is 1. The van der Waals surface area contributed by atoms with Crippen molar-refractivity contribution in [1.82, 2.24) is 0 Å². The molecule has 0 saturated heterocycles. The molecule has 3 heteroatoms. The van der Waals surface area contributed by atoms with Gasteiger partial charge >= 0.3 is 0 Å². The third-order valence-corrected chi connectivity index (χ3v) is 3.24. The molecule has 0 aliphatic carbocycles. The molecule has 3 aromatic carbocycles. The maximum Gasteiger partial charge on any atom is 0.123 e. The quantitative estimate of drug-likeness (QED) is 0.547. The third kappa shape index (κ3) is 3.38. The van der Waals surface area contributed by atoms with E-state index in [0.717, 1.165) is 22.5 Å². The van der Waals surface area contributed by atoms with Crippen molar-refractivity contribution in [2.24, 2.45) is 5.10 Å². The molecule has 3 aromatic rings. The van der Waals surface area contributed by atoms with Gasteiger partial charge in [0.1, 0.15) is 5.82 Å². The number of hydrogen-bond donors (Lipinski definition) is 1. The first-order valence-corrected chi connectivity index (χ1v) is 7.03. The highest BCUT2D eigenvalue weighted by atomic mass is 19.1. The van der Waals surface area contributed by atoms with E-state index >= 15 is 0 Å². The number of anilines is 1. The molecule has 2 nitrogen and oxygen atoms in total. The van der Waals surface area contributed by atoms with Gasteiger partial charge in [0.05, 0.1) is 11.4 Å². The summed E-state index contributed by atoms with van der Waals surface area (Å²) in [6.45, 7) is 0. The molecule has 0 fully saturated rings. The fraction of sp³-hybridized carbons (Fsp3) is 0. The van der Waals surface area contributed by atoms with Gasteiger partial charge in [-0.3, -0.25) is 5.43 Å². The molecule has 0 aliphatic heterocycles. The second kappa shape index (κ2) is 6.68. The molecule has 0 atom stereocenters. The topological polar surface area (TPSA) is 24.4 Å². The van der Waals surface area contributed by atoms with Gasteiger partial charge in [0.2, 0.25) is 0 Å². The summed E-state index contributed by atoms with van der Waals surface area (Å²) in [4.78, 5) is 0. The van der Waals surface area contributed by atoms with E-state index in [2.05, 4.69) is 10.5 Å². The van der Waals surface area contributed by atoms with Crippen LogP contribution in [-0.2, 0) is 0 Å². The standard InChI is InChI=1S/C19H15FN2/c20-17-11-13-18(14-12-17)21-22-19(15-7-3-1-4-8-15)16-9-5-2-6-10-16/h1-14,21H. The number of nitrogens with zero attached hydrogens (tertiary/aromatic N) is 1. The molecule has 0 saturated carbocycles. The van der Waals surface area contributed by atoms with Crippen LogP contribution < -0.4 is 5.43 Å². The van der Waals surface area contributed by atoms with Crippen LogP contribution in [0.3, 0.4) is 0 Å². The molecular formula is C19H15FN2. The molecule has 0 radical (unpaired) electrons. The number of hydrazone groups is 1. The van der Waals surface area contributed by atoms with Gasteiger partial charge in [0.15, 0.2) is 0 Å². The van der Waals surface area contributed by atoms with E-state index in [1.54, 1.807) is 12.1 Å². The van der Waals surface area contributed by atoms with Gasteiger partial charge in [0.25, 0.3) is 0 Å². The Morgan fingerprint density at radius 2 is 1.18 bits per heavy atom. The van der Waals surface area contributed by atoms with Crippen molar-refractivity contribution in [3.05, 3.63) is 102 Å². The molecule has 1 N–H and O–H groups in total. The summed E-state index contributed by atoms with van der Waals surface area (Å²) >= 11 is 0. The van der Waals surface area contributed by atoms with Gasteiger partial charge in [-0.1, -0.05) is 60.7 Å². The van der Waals surface area contributed by atoms with Gasteiger partial charge in [-0.05, 0) is 24.3 Å². The van der Waals surface area contributed by atoms with E-state index in [1.807, 2.05) is 60.7 Å². The Morgan fingerprint density at radius 3 is 1.68 bits per heavy atom. The first-order chi connectivity index (χ1) is 10.8. The van der Waals surface area contributed by atoms with E-state index < -0.39 is 0 Å². The summed E-state index contributed by atoms with van der Waals surface area (Å²) in [6, 6.07) is 26.0. The smallest absolute Gasteiger partial charge is 0.123 e. The Bertz CT molecular complexity index is 709. The van der Waals surface area contributed by atoms with Crippen LogP contribution in [-0.4, -0.2) is 5.71 Å². The summed E-state index contributed by atoms with van der Waals surface area (Å²) in [5, 5.41) is 4.51. The number of rotatable bonds is 4. The fourth-order valence-electron chi connectivity index (χ4n) is 2.13. The van der Waals surface area contributed by atoms with Gasteiger partial charge in [-0.2, -0.15) is 5.10 Å². The summed E-state index contributed by atoms with van der Waals surface area (Å²) < 4.78 is 13.0. The Balaban J connectivity index is 1.95. The Labute approximate surface area is 128 Å². The van der Waals surface area contributed by atoms with Crippen molar-refractivity contribution in [3.8, 4) is 0 Å². The van der Waals surface area contributed by atoms with Crippen LogP contribution in [0.2, 0.25) is 0 Å². The molecule has 0 unspecified atom stereocenters. The lowest BCUT2D eigenvalue weighted by atomic mass is 10.0. The number of nitrogens with one attached hydrogen (secondary N) is 1. The molecule has 108 valence electrons. The van der Waals surface area contributed by atoms with Crippen molar-refractivity contribution in [2.75, 3.05) is 5.43 Å². The van der Waals surface area contributed by atoms with Crippen molar-refractivity contribution < 1.29 is 4.39 Å². The summed E-state index contributed by atoms with van der Waals surface area (Å²) in [7, 11) is 0. The van der Waals surface area contributed by atoms with Crippen LogP contribution in [0.5, 0.6) is 0 Å². The second-order valence-electron chi connectivity index (χ2n) is 4.81. The van der Waals surface area contributed by atoms with Crippen LogP contribution in [0, 0.1) is 5.82 Å². The van der Waals surface area contributed by atoms with E-state index in [9.17, 15) is 4.39 Å². The summed E-state index contributed by atoms with van der Waals surface area (Å²) in [6.07, 6.45) is 0. The lowest BCUT2D eigenvalue weighted by molar-refractivity contribution is 0.628. The molecular weight excluding hydrogens is 275 g/mol. The van der Waals surface area contributed by atoms with E-state index in [1.165, 1.54) is 12.1 Å². The minimum Gasteiger partial charge on any atom is -0.278 e. The van der Waals surface area contributed by atoms with E-state index in [0.29, 0.717) is 0 Å². The van der Waals surface area contributed by atoms with Crippen molar-refractivity contribution in [2.45, 2.75) is 0 Å². The summed E-state index contributed by atoms with van der Waals surface area (Å²) in [5.74, 6) is -0.263. The van der Waals surface area contributed by atoms with Crippen LogP contribution >= 0.6 is 0 Å². The van der Waals surface area contributed by atoms with Gasteiger partial charge < -0.3 is 0 Å². The maximum atomic E-state index is 13.0. The molecule has 0 bridgehead atoms. The largest absolute Gasteiger partial charge is 0.278 e. The zero-order chi connectivity index (χ0) is 15.2. The third-order valence-electron chi connectivity index (χ3n) is 3.24. The maximum absolute atomic E-state index is 13.0. The minimum absolute atomic E-state index is 0.263. The first-order valence-electron chi connectivity index (χ1n) is 7.03. The van der Waals surface area contributed by atoms with Crippen LogP contribution in [0.1, 0.15) is 11.1 Å². The van der Waals surface area contributed by atoms with Crippen LogP contribution in [0.15, 0.2) is 90.0 Å². The summed E-state index contributed by atoms with van der Waals surface area (Å²) in [5.41, 5.74) is 6.60. The van der Waals surface area contributed by atoms with Gasteiger partial charge in [0, 0.05) is 11.1 Å². The Kier molecular flexibility index (Phi) is 4.25. The molecule has 0 heterocycles. The molecule has 0 aliphatic rings. The highest BCUT2D eigenvalue weighted by Crippen LogP contribution is 2.13. The molecule has 3 rings (SSSR count). The average molecular weight is 290 g/mol. The molecule has 0 aromatic heterocycles. The second-order valence-corrected chi connectivity index (χ2v) is 4.81. The Hall–Kier alpha value is -2.94. The fourth-order valence-corrected chi connectivity index (χ4v) is 2.13. The van der Waals surface area contributed by atoms with Crippen LogP contribution in [0.25, 0.3) is 0 Å². The predicted octanol–water partition coefficient (Wildman–Crippen LogP) is 4.69. The van der Waals surface area contributed by atoms with Crippen molar-refractivity contribution in [1.29, 1.82) is 0 Å². The van der Waals surface area contributed by atoms with E-state index in [-0.39, 0.29) is 5.82 Å². The number of benzene rings is 3.